The highest BCUT2D eigenvalue weighted by atomic mass is 16.5. The summed E-state index contributed by atoms with van der Waals surface area (Å²) >= 11 is 0. The molecule has 0 aromatic carbocycles. The Hall–Kier alpha value is -1.43. The minimum atomic E-state index is 0.654. The normalized spacial score (nSPS) is 11.3. The van der Waals surface area contributed by atoms with E-state index in [2.05, 4.69) is 34.1 Å². The van der Waals surface area contributed by atoms with Crippen LogP contribution in [0, 0.1) is 0 Å². The van der Waals surface area contributed by atoms with Crippen LogP contribution in [0.3, 0.4) is 0 Å². The number of hydrogen-bond donors (Lipinski definition) is 1. The Morgan fingerprint density at radius 1 is 1.29 bits per heavy atom. The second-order valence-electron chi connectivity index (χ2n) is 4.96. The van der Waals surface area contributed by atoms with Gasteiger partial charge in [0.25, 0.3) is 0 Å². The van der Waals surface area contributed by atoms with Gasteiger partial charge in [0, 0.05) is 44.6 Å². The molecule has 0 amide bonds. The quantitative estimate of drug-likeness (QED) is 0.682. The number of pyridine rings is 1. The number of ether oxygens (including phenoxy) is 2. The topological polar surface area (TPSA) is 48.3 Å². The zero-order valence-corrected chi connectivity index (χ0v) is 13.0. The summed E-state index contributed by atoms with van der Waals surface area (Å²) in [5.74, 6) is 0. The van der Waals surface area contributed by atoms with Crippen LogP contribution in [0.5, 0.6) is 0 Å². The standard InChI is InChI=1S/C16H25N3O2/c1-3-17-12-14-13-19(8-5-9-21-11-10-20-2)16-15(14)6-4-7-18-16/h4,6-7,13,17H,3,5,8-12H2,1-2H3. The molecule has 0 atom stereocenters. The minimum Gasteiger partial charge on any atom is -0.382 e. The van der Waals surface area contributed by atoms with Gasteiger partial charge in [-0.05, 0) is 30.7 Å². The maximum absolute atomic E-state index is 5.51. The maximum Gasteiger partial charge on any atom is 0.140 e. The summed E-state index contributed by atoms with van der Waals surface area (Å²) in [6.07, 6.45) is 5.03. The third-order valence-electron chi connectivity index (χ3n) is 3.40. The van der Waals surface area contributed by atoms with Crippen molar-refractivity contribution < 1.29 is 9.47 Å². The lowest BCUT2D eigenvalue weighted by Crippen LogP contribution is -2.11. The number of rotatable bonds is 10. The van der Waals surface area contributed by atoms with Gasteiger partial charge in [0.2, 0.25) is 0 Å². The van der Waals surface area contributed by atoms with Crippen molar-refractivity contribution in [3.63, 3.8) is 0 Å². The first kappa shape index (κ1) is 15.9. The van der Waals surface area contributed by atoms with Gasteiger partial charge in [0.1, 0.15) is 5.65 Å². The third-order valence-corrected chi connectivity index (χ3v) is 3.40. The third kappa shape index (κ3) is 4.52. The molecule has 2 aromatic heterocycles. The molecule has 0 unspecified atom stereocenters. The summed E-state index contributed by atoms with van der Waals surface area (Å²) < 4.78 is 12.7. The van der Waals surface area contributed by atoms with Gasteiger partial charge in [-0.15, -0.1) is 0 Å². The van der Waals surface area contributed by atoms with Crippen molar-refractivity contribution in [3.05, 3.63) is 30.1 Å². The Morgan fingerprint density at radius 3 is 3.00 bits per heavy atom. The van der Waals surface area contributed by atoms with E-state index in [0.29, 0.717) is 13.2 Å². The molecule has 2 rings (SSSR count). The Morgan fingerprint density at radius 2 is 2.19 bits per heavy atom. The molecule has 5 heteroatoms. The lowest BCUT2D eigenvalue weighted by Gasteiger charge is -2.05. The SMILES string of the molecule is CCNCc1cn(CCCOCCOC)c2ncccc12. The first-order valence-corrected chi connectivity index (χ1v) is 7.57. The molecule has 0 aliphatic rings. The Labute approximate surface area is 126 Å². The van der Waals surface area contributed by atoms with Crippen LogP contribution < -0.4 is 5.32 Å². The number of nitrogens with zero attached hydrogens (tertiary/aromatic N) is 2. The zero-order valence-electron chi connectivity index (χ0n) is 13.0. The molecule has 0 spiro atoms. The maximum atomic E-state index is 5.51. The van der Waals surface area contributed by atoms with Crippen molar-refractivity contribution in [1.82, 2.24) is 14.9 Å². The number of hydrogen-bond acceptors (Lipinski definition) is 4. The van der Waals surface area contributed by atoms with E-state index in [1.54, 1.807) is 7.11 Å². The molecule has 0 saturated heterocycles. The predicted molar refractivity (Wildman–Crippen MR) is 84.4 cm³/mol. The van der Waals surface area contributed by atoms with E-state index >= 15 is 0 Å². The van der Waals surface area contributed by atoms with E-state index < -0.39 is 0 Å². The van der Waals surface area contributed by atoms with E-state index in [1.165, 1.54) is 10.9 Å². The minimum absolute atomic E-state index is 0.654. The van der Waals surface area contributed by atoms with Crippen LogP contribution in [0.15, 0.2) is 24.5 Å². The molecule has 0 aliphatic carbocycles. The predicted octanol–water partition coefficient (Wildman–Crippen LogP) is 2.20. The molecule has 2 aromatic rings. The van der Waals surface area contributed by atoms with Crippen LogP contribution in [-0.2, 0) is 22.6 Å². The summed E-state index contributed by atoms with van der Waals surface area (Å²) in [6.45, 7) is 6.96. The molecule has 0 radical (unpaired) electrons. The van der Waals surface area contributed by atoms with Gasteiger partial charge in [0.05, 0.1) is 13.2 Å². The van der Waals surface area contributed by atoms with Crippen molar-refractivity contribution in [2.24, 2.45) is 0 Å². The van der Waals surface area contributed by atoms with Crippen molar-refractivity contribution in [2.75, 3.05) is 33.5 Å². The van der Waals surface area contributed by atoms with E-state index in [1.807, 2.05) is 12.3 Å². The molecular weight excluding hydrogens is 266 g/mol. The van der Waals surface area contributed by atoms with Gasteiger partial charge in [0.15, 0.2) is 0 Å². The Bertz CT molecular complexity index is 539. The van der Waals surface area contributed by atoms with Gasteiger partial charge in [-0.1, -0.05) is 6.92 Å². The molecule has 21 heavy (non-hydrogen) atoms. The molecule has 0 fully saturated rings. The van der Waals surface area contributed by atoms with Crippen molar-refractivity contribution in [2.45, 2.75) is 26.4 Å². The largest absolute Gasteiger partial charge is 0.382 e. The fraction of sp³-hybridized carbons (Fsp3) is 0.562. The van der Waals surface area contributed by atoms with E-state index in [9.17, 15) is 0 Å². The van der Waals surface area contributed by atoms with Crippen LogP contribution >= 0.6 is 0 Å². The van der Waals surface area contributed by atoms with E-state index in [-0.39, 0.29) is 0 Å². The molecule has 0 aliphatic heterocycles. The Balaban J connectivity index is 1.95. The summed E-state index contributed by atoms with van der Waals surface area (Å²) in [7, 11) is 1.69. The highest BCUT2D eigenvalue weighted by Gasteiger charge is 2.08. The first-order chi connectivity index (χ1) is 10.4. The smallest absolute Gasteiger partial charge is 0.140 e. The van der Waals surface area contributed by atoms with Gasteiger partial charge in [-0.25, -0.2) is 4.98 Å². The highest BCUT2D eigenvalue weighted by Crippen LogP contribution is 2.19. The number of aryl methyl sites for hydroxylation is 1. The van der Waals surface area contributed by atoms with Crippen LogP contribution in [0.4, 0.5) is 0 Å². The fourth-order valence-corrected chi connectivity index (χ4v) is 2.35. The van der Waals surface area contributed by atoms with E-state index in [0.717, 1.165) is 38.3 Å². The van der Waals surface area contributed by atoms with Crippen LogP contribution in [0.25, 0.3) is 11.0 Å². The molecule has 5 nitrogen and oxygen atoms in total. The zero-order chi connectivity index (χ0) is 14.9. The monoisotopic (exact) mass is 291 g/mol. The molecule has 2 heterocycles. The second kappa shape index (κ2) is 8.77. The first-order valence-electron chi connectivity index (χ1n) is 7.57. The van der Waals surface area contributed by atoms with Crippen molar-refractivity contribution in [3.8, 4) is 0 Å². The van der Waals surface area contributed by atoms with Crippen LogP contribution in [0.1, 0.15) is 18.9 Å². The average Bonchev–Trinajstić information content (AvgIpc) is 2.87. The summed E-state index contributed by atoms with van der Waals surface area (Å²) in [5.41, 5.74) is 2.36. The lowest BCUT2D eigenvalue weighted by atomic mass is 10.2. The van der Waals surface area contributed by atoms with E-state index in [4.69, 9.17) is 9.47 Å². The van der Waals surface area contributed by atoms with Gasteiger partial charge < -0.3 is 19.4 Å². The van der Waals surface area contributed by atoms with Crippen molar-refractivity contribution >= 4 is 11.0 Å². The Kier molecular flexibility index (Phi) is 6.66. The number of methoxy groups -OCH3 is 1. The van der Waals surface area contributed by atoms with Crippen molar-refractivity contribution in [1.29, 1.82) is 0 Å². The van der Waals surface area contributed by atoms with Gasteiger partial charge in [-0.2, -0.15) is 0 Å². The second-order valence-corrected chi connectivity index (χ2v) is 4.96. The van der Waals surface area contributed by atoms with Gasteiger partial charge in [-0.3, -0.25) is 0 Å². The molecular formula is C16H25N3O2. The highest BCUT2D eigenvalue weighted by molar-refractivity contribution is 5.80. The number of nitrogens with one attached hydrogen (secondary N) is 1. The fourth-order valence-electron chi connectivity index (χ4n) is 2.35. The van der Waals surface area contributed by atoms with Crippen LogP contribution in [-0.4, -0.2) is 43.0 Å². The summed E-state index contributed by atoms with van der Waals surface area (Å²) in [5, 5.41) is 4.62. The van der Waals surface area contributed by atoms with Gasteiger partial charge >= 0.3 is 0 Å². The molecule has 116 valence electrons. The molecule has 0 bridgehead atoms. The van der Waals surface area contributed by atoms with Crippen LogP contribution in [0.2, 0.25) is 0 Å². The number of aromatic nitrogens is 2. The average molecular weight is 291 g/mol. The number of fused-ring (bicyclic) bond motifs is 1. The lowest BCUT2D eigenvalue weighted by molar-refractivity contribution is 0.0681. The molecule has 0 saturated carbocycles. The summed E-state index contributed by atoms with van der Waals surface area (Å²) in [6, 6.07) is 4.14. The summed E-state index contributed by atoms with van der Waals surface area (Å²) in [4.78, 5) is 4.51. The molecule has 1 N–H and O–H groups in total.